The summed E-state index contributed by atoms with van der Waals surface area (Å²) in [4.78, 5) is 2.51. The van der Waals surface area contributed by atoms with Gasteiger partial charge in [0.1, 0.15) is 0 Å². The van der Waals surface area contributed by atoms with Gasteiger partial charge in [-0.25, -0.2) is 0 Å². The quantitative estimate of drug-likeness (QED) is 0.435. The van der Waals surface area contributed by atoms with Crippen molar-refractivity contribution in [1.82, 2.24) is 4.90 Å². The van der Waals surface area contributed by atoms with Crippen molar-refractivity contribution in [3.05, 3.63) is 94.8 Å². The zero-order valence-electron chi connectivity index (χ0n) is 19.0. The highest BCUT2D eigenvalue weighted by molar-refractivity contribution is 5.45. The van der Waals surface area contributed by atoms with E-state index >= 15 is 0 Å². The number of benzene rings is 1. The number of hydrogen-bond donors (Lipinski definition) is 1. The highest BCUT2D eigenvalue weighted by atomic mass is 15.1. The molecule has 1 aliphatic heterocycles. The summed E-state index contributed by atoms with van der Waals surface area (Å²) in [6.07, 6.45) is 18.1. The van der Waals surface area contributed by atoms with Gasteiger partial charge in [0.15, 0.2) is 0 Å². The molecule has 1 fully saturated rings. The van der Waals surface area contributed by atoms with E-state index in [4.69, 9.17) is 12.2 Å². The van der Waals surface area contributed by atoms with Crippen LogP contribution in [0.15, 0.2) is 83.6 Å². The summed E-state index contributed by atoms with van der Waals surface area (Å²) in [6, 6.07) is 8.46. The zero-order chi connectivity index (χ0) is 22.1. The third kappa shape index (κ3) is 6.12. The lowest BCUT2D eigenvalue weighted by Gasteiger charge is -2.25. The molecule has 0 aromatic heterocycles. The van der Waals surface area contributed by atoms with Crippen LogP contribution in [0.1, 0.15) is 51.7 Å². The number of rotatable bonds is 8. The lowest BCUT2D eigenvalue weighted by molar-refractivity contribution is 0.348. The molecule has 1 aromatic rings. The summed E-state index contributed by atoms with van der Waals surface area (Å²) >= 11 is 0. The van der Waals surface area contributed by atoms with Gasteiger partial charge in [0, 0.05) is 29.8 Å². The molecule has 0 spiro atoms. The monoisotopic (exact) mass is 400 g/mol. The van der Waals surface area contributed by atoms with Crippen molar-refractivity contribution >= 4 is 0 Å². The summed E-state index contributed by atoms with van der Waals surface area (Å²) in [6.45, 7) is 15.5. The fraction of sp³-hybridized carbons (Fsp3) is 0.357. The molecule has 2 nitrogen and oxygen atoms in total. The number of nitrogens with zero attached hydrogens (tertiary/aromatic N) is 1. The van der Waals surface area contributed by atoms with Gasteiger partial charge >= 0.3 is 0 Å². The predicted molar refractivity (Wildman–Crippen MR) is 131 cm³/mol. The molecule has 1 aromatic carbocycles. The minimum absolute atomic E-state index is 0.175. The van der Waals surface area contributed by atoms with E-state index < -0.39 is 0 Å². The molecule has 2 heteroatoms. The second-order valence-electron chi connectivity index (χ2n) is 8.39. The molecule has 0 amide bonds. The van der Waals surface area contributed by atoms with Crippen LogP contribution in [0, 0.1) is 12.3 Å². The standard InChI is InChI=1S/C28H36N2/c1-7-23-13-16-26(17-14-23)28(6)18-20-30(21-28)19-10-11-24(8-2)27(29)25(9-3)15-12-22(4)5/h1,9-17H,4,8,18-21,29H2,2-3,5-6H3/b11-10-,15-12-,25-9+,27-24-. The first-order chi connectivity index (χ1) is 14.3. The molecule has 1 atom stereocenters. The first kappa shape index (κ1) is 23.5. The van der Waals surface area contributed by atoms with Crippen LogP contribution in [0.3, 0.4) is 0 Å². The van der Waals surface area contributed by atoms with Crippen LogP contribution in [0.25, 0.3) is 0 Å². The van der Waals surface area contributed by atoms with Crippen molar-refractivity contribution in [2.24, 2.45) is 5.73 Å². The maximum atomic E-state index is 6.46. The Balaban J connectivity index is 2.05. The van der Waals surface area contributed by atoms with Crippen LogP contribution in [0.4, 0.5) is 0 Å². The second-order valence-corrected chi connectivity index (χ2v) is 8.39. The first-order valence-electron chi connectivity index (χ1n) is 10.8. The highest BCUT2D eigenvalue weighted by Gasteiger charge is 2.34. The molecule has 158 valence electrons. The first-order valence-corrected chi connectivity index (χ1v) is 10.8. The van der Waals surface area contributed by atoms with E-state index in [1.165, 1.54) is 11.1 Å². The van der Waals surface area contributed by atoms with Gasteiger partial charge in [0.05, 0.1) is 0 Å². The van der Waals surface area contributed by atoms with Gasteiger partial charge in [0.25, 0.3) is 0 Å². The maximum absolute atomic E-state index is 6.46. The number of allylic oxidation sites excluding steroid dienone is 6. The summed E-state index contributed by atoms with van der Waals surface area (Å²) in [7, 11) is 0. The summed E-state index contributed by atoms with van der Waals surface area (Å²) in [5.41, 5.74) is 13.0. The molecular formula is C28H36N2. The average molecular weight is 401 g/mol. The molecule has 0 saturated carbocycles. The van der Waals surface area contributed by atoms with Crippen LogP contribution in [0.2, 0.25) is 0 Å². The third-order valence-electron chi connectivity index (χ3n) is 5.88. The molecule has 2 N–H and O–H groups in total. The minimum Gasteiger partial charge on any atom is -0.398 e. The Hall–Kier alpha value is -2.76. The lowest BCUT2D eigenvalue weighted by Crippen LogP contribution is -2.28. The van der Waals surface area contributed by atoms with Crippen LogP contribution in [0.5, 0.6) is 0 Å². The smallest absolute Gasteiger partial charge is 0.0416 e. The molecule has 30 heavy (non-hydrogen) atoms. The normalized spacial score (nSPS) is 21.2. The number of terminal acetylenes is 1. The Labute approximate surface area is 183 Å². The third-order valence-corrected chi connectivity index (χ3v) is 5.88. The van der Waals surface area contributed by atoms with Crippen LogP contribution in [-0.2, 0) is 5.41 Å². The number of hydrogen-bond acceptors (Lipinski definition) is 2. The topological polar surface area (TPSA) is 29.3 Å². The predicted octanol–water partition coefficient (Wildman–Crippen LogP) is 5.89. The van der Waals surface area contributed by atoms with Gasteiger partial charge in [0.2, 0.25) is 0 Å². The zero-order valence-corrected chi connectivity index (χ0v) is 19.0. The van der Waals surface area contributed by atoms with E-state index in [0.717, 1.165) is 54.9 Å². The van der Waals surface area contributed by atoms with Gasteiger partial charge in [-0.15, -0.1) is 6.42 Å². The highest BCUT2D eigenvalue weighted by Crippen LogP contribution is 2.34. The average Bonchev–Trinajstić information content (AvgIpc) is 3.13. The Bertz CT molecular complexity index is 903. The largest absolute Gasteiger partial charge is 0.398 e. The van der Waals surface area contributed by atoms with Gasteiger partial charge in [-0.1, -0.05) is 74.4 Å². The maximum Gasteiger partial charge on any atom is 0.0416 e. The SMILES string of the molecule is C#Cc1ccc(C2(C)CCN(C\C=C/C(CC)=C(N)/C(/C=C\C(=C)C)=C/C)C2)cc1. The van der Waals surface area contributed by atoms with Crippen LogP contribution >= 0.6 is 0 Å². The molecular weight excluding hydrogens is 364 g/mol. The second kappa shape index (κ2) is 10.9. The van der Waals surface area contributed by atoms with Crippen molar-refractivity contribution in [1.29, 1.82) is 0 Å². The van der Waals surface area contributed by atoms with Gasteiger partial charge in [-0.05, 0) is 62.1 Å². The summed E-state index contributed by atoms with van der Waals surface area (Å²) in [5, 5.41) is 0. The number of nitrogens with two attached hydrogens (primary N) is 1. The van der Waals surface area contributed by atoms with Crippen molar-refractivity contribution in [3.8, 4) is 12.3 Å². The minimum atomic E-state index is 0.175. The van der Waals surface area contributed by atoms with Crippen LogP contribution in [-0.4, -0.2) is 24.5 Å². The summed E-state index contributed by atoms with van der Waals surface area (Å²) in [5.74, 6) is 2.70. The molecule has 0 bridgehead atoms. The molecule has 1 aliphatic rings. The van der Waals surface area contributed by atoms with Crippen molar-refractivity contribution in [2.75, 3.05) is 19.6 Å². The van der Waals surface area contributed by atoms with E-state index in [-0.39, 0.29) is 5.41 Å². The molecule has 1 unspecified atom stereocenters. The lowest BCUT2D eigenvalue weighted by atomic mass is 9.81. The Morgan fingerprint density at radius 2 is 1.97 bits per heavy atom. The van der Waals surface area contributed by atoms with E-state index in [1.54, 1.807) is 0 Å². The van der Waals surface area contributed by atoms with Gasteiger partial charge in [-0.3, -0.25) is 4.90 Å². The van der Waals surface area contributed by atoms with Crippen molar-refractivity contribution in [3.63, 3.8) is 0 Å². The molecule has 0 radical (unpaired) electrons. The Morgan fingerprint density at radius 3 is 2.53 bits per heavy atom. The molecule has 0 aliphatic carbocycles. The molecule has 1 heterocycles. The fourth-order valence-electron chi connectivity index (χ4n) is 3.92. The fourth-order valence-corrected chi connectivity index (χ4v) is 3.92. The molecule has 2 rings (SSSR count). The van der Waals surface area contributed by atoms with Crippen molar-refractivity contribution in [2.45, 2.75) is 46.0 Å². The van der Waals surface area contributed by atoms with Gasteiger partial charge in [-0.2, -0.15) is 0 Å². The van der Waals surface area contributed by atoms with E-state index in [0.29, 0.717) is 0 Å². The summed E-state index contributed by atoms with van der Waals surface area (Å²) < 4.78 is 0. The van der Waals surface area contributed by atoms with E-state index in [2.05, 4.69) is 61.6 Å². The van der Waals surface area contributed by atoms with Crippen LogP contribution < -0.4 is 5.73 Å². The van der Waals surface area contributed by atoms with Crippen molar-refractivity contribution < 1.29 is 0 Å². The Morgan fingerprint density at radius 1 is 1.27 bits per heavy atom. The van der Waals surface area contributed by atoms with E-state index in [9.17, 15) is 0 Å². The van der Waals surface area contributed by atoms with Gasteiger partial charge < -0.3 is 5.73 Å². The number of likely N-dealkylation sites (tertiary alicyclic amines) is 1. The Kier molecular flexibility index (Phi) is 8.51. The van der Waals surface area contributed by atoms with E-state index in [1.807, 2.05) is 38.1 Å². The molecule has 1 saturated heterocycles.